The Bertz CT molecular complexity index is 1160. The third-order valence-electron chi connectivity index (χ3n) is 4.66. The fourth-order valence-corrected chi connectivity index (χ4v) is 4.92. The topological polar surface area (TPSA) is 111 Å². The SMILES string of the molecule is COc1ccc(S(=O)(=O)NCc2cccc(CNS(=O)(=O)c3ccc(OC)cc3)c2)cc1. The third-order valence-corrected chi connectivity index (χ3v) is 7.50. The Labute approximate surface area is 188 Å². The number of hydrogen-bond acceptors (Lipinski definition) is 6. The van der Waals surface area contributed by atoms with Gasteiger partial charge in [0.15, 0.2) is 0 Å². The van der Waals surface area contributed by atoms with Crippen molar-refractivity contribution in [3.8, 4) is 11.5 Å². The molecular weight excluding hydrogens is 452 g/mol. The van der Waals surface area contributed by atoms with Crippen LogP contribution in [-0.4, -0.2) is 31.1 Å². The molecule has 0 saturated heterocycles. The molecule has 0 aromatic heterocycles. The summed E-state index contributed by atoms with van der Waals surface area (Å²) < 4.78 is 65.2. The molecule has 0 aliphatic heterocycles. The fourth-order valence-electron chi connectivity index (χ4n) is 2.88. The summed E-state index contributed by atoms with van der Waals surface area (Å²) >= 11 is 0. The second-order valence-electron chi connectivity index (χ2n) is 6.82. The first-order valence-electron chi connectivity index (χ1n) is 9.59. The summed E-state index contributed by atoms with van der Waals surface area (Å²) in [7, 11) is -4.39. The number of sulfonamides is 2. The summed E-state index contributed by atoms with van der Waals surface area (Å²) in [5, 5.41) is 0. The minimum Gasteiger partial charge on any atom is -0.497 e. The highest BCUT2D eigenvalue weighted by molar-refractivity contribution is 7.89. The Morgan fingerprint density at radius 2 is 1.00 bits per heavy atom. The normalized spacial score (nSPS) is 11.8. The molecule has 0 heterocycles. The lowest BCUT2D eigenvalue weighted by Crippen LogP contribution is -2.24. The molecular formula is C22H24N2O6S2. The molecule has 3 aromatic rings. The van der Waals surface area contributed by atoms with E-state index in [9.17, 15) is 16.8 Å². The van der Waals surface area contributed by atoms with Crippen molar-refractivity contribution in [1.82, 2.24) is 9.44 Å². The van der Waals surface area contributed by atoms with Gasteiger partial charge in [0.25, 0.3) is 0 Å². The maximum Gasteiger partial charge on any atom is 0.240 e. The first-order chi connectivity index (χ1) is 15.2. The van der Waals surface area contributed by atoms with Crippen LogP contribution in [0.15, 0.2) is 82.6 Å². The molecule has 0 fully saturated rings. The van der Waals surface area contributed by atoms with Crippen LogP contribution in [-0.2, 0) is 33.1 Å². The zero-order valence-electron chi connectivity index (χ0n) is 17.6. The Kier molecular flexibility index (Phi) is 7.52. The summed E-state index contributed by atoms with van der Waals surface area (Å²) in [4.78, 5) is 0.253. The van der Waals surface area contributed by atoms with Gasteiger partial charge in [0.2, 0.25) is 20.0 Å². The van der Waals surface area contributed by atoms with Crippen LogP contribution in [0.4, 0.5) is 0 Å². The van der Waals surface area contributed by atoms with Crippen molar-refractivity contribution in [2.75, 3.05) is 14.2 Å². The van der Waals surface area contributed by atoms with E-state index >= 15 is 0 Å². The van der Waals surface area contributed by atoms with Crippen LogP contribution in [0.2, 0.25) is 0 Å². The summed E-state index contributed by atoms with van der Waals surface area (Å²) in [5.74, 6) is 1.13. The van der Waals surface area contributed by atoms with Crippen molar-refractivity contribution in [1.29, 1.82) is 0 Å². The maximum atomic E-state index is 12.5. The van der Waals surface area contributed by atoms with Gasteiger partial charge in [-0.15, -0.1) is 0 Å². The first kappa shape index (κ1) is 23.7. The number of rotatable bonds is 10. The van der Waals surface area contributed by atoms with Gasteiger partial charge in [-0.3, -0.25) is 0 Å². The highest BCUT2D eigenvalue weighted by Gasteiger charge is 2.15. The van der Waals surface area contributed by atoms with Gasteiger partial charge in [-0.2, -0.15) is 0 Å². The van der Waals surface area contributed by atoms with Crippen LogP contribution in [0, 0.1) is 0 Å². The number of ether oxygens (including phenoxy) is 2. The average molecular weight is 477 g/mol. The Morgan fingerprint density at radius 3 is 1.34 bits per heavy atom. The molecule has 0 amide bonds. The molecule has 2 N–H and O–H groups in total. The van der Waals surface area contributed by atoms with Gasteiger partial charge in [0, 0.05) is 13.1 Å². The summed E-state index contributed by atoms with van der Waals surface area (Å²) in [6.07, 6.45) is 0. The van der Waals surface area contributed by atoms with Crippen LogP contribution >= 0.6 is 0 Å². The minimum absolute atomic E-state index is 0.0629. The van der Waals surface area contributed by atoms with Crippen molar-refractivity contribution in [2.24, 2.45) is 0 Å². The lowest BCUT2D eigenvalue weighted by atomic mass is 10.1. The zero-order chi connectivity index (χ0) is 23.2. The third kappa shape index (κ3) is 6.07. The second kappa shape index (κ2) is 10.1. The van der Waals surface area contributed by atoms with E-state index in [0.29, 0.717) is 22.6 Å². The fraction of sp³-hybridized carbons (Fsp3) is 0.182. The molecule has 10 heteroatoms. The van der Waals surface area contributed by atoms with Crippen LogP contribution in [0.25, 0.3) is 0 Å². The summed E-state index contributed by atoms with van der Waals surface area (Å²) in [5.41, 5.74) is 1.39. The van der Waals surface area contributed by atoms with Crippen molar-refractivity contribution >= 4 is 20.0 Å². The van der Waals surface area contributed by atoms with E-state index in [1.54, 1.807) is 48.5 Å². The molecule has 32 heavy (non-hydrogen) atoms. The summed E-state index contributed by atoms with van der Waals surface area (Å²) in [6, 6.07) is 19.2. The largest absolute Gasteiger partial charge is 0.497 e. The summed E-state index contributed by atoms with van der Waals surface area (Å²) in [6.45, 7) is 0.126. The van der Waals surface area contributed by atoms with Gasteiger partial charge in [-0.1, -0.05) is 24.3 Å². The lowest BCUT2D eigenvalue weighted by molar-refractivity contribution is 0.414. The highest BCUT2D eigenvalue weighted by Crippen LogP contribution is 2.17. The van der Waals surface area contributed by atoms with Gasteiger partial charge in [0.1, 0.15) is 11.5 Å². The zero-order valence-corrected chi connectivity index (χ0v) is 19.2. The Balaban J connectivity index is 1.63. The molecule has 170 valence electrons. The van der Waals surface area contributed by atoms with E-state index in [1.165, 1.54) is 38.5 Å². The Morgan fingerprint density at radius 1 is 0.625 bits per heavy atom. The predicted octanol–water partition coefficient (Wildman–Crippen LogP) is 2.66. The molecule has 8 nitrogen and oxygen atoms in total. The van der Waals surface area contributed by atoms with E-state index in [4.69, 9.17) is 9.47 Å². The van der Waals surface area contributed by atoms with Gasteiger partial charge >= 0.3 is 0 Å². The lowest BCUT2D eigenvalue weighted by Gasteiger charge is -2.10. The quantitative estimate of drug-likeness (QED) is 0.465. The number of hydrogen-bond donors (Lipinski definition) is 2. The van der Waals surface area contributed by atoms with Gasteiger partial charge in [-0.05, 0) is 59.7 Å². The molecule has 0 unspecified atom stereocenters. The van der Waals surface area contributed by atoms with E-state index in [-0.39, 0.29) is 22.9 Å². The van der Waals surface area contributed by atoms with E-state index < -0.39 is 20.0 Å². The van der Waals surface area contributed by atoms with Crippen molar-refractivity contribution < 1.29 is 26.3 Å². The van der Waals surface area contributed by atoms with Gasteiger partial charge in [0.05, 0.1) is 24.0 Å². The van der Waals surface area contributed by atoms with E-state index in [0.717, 1.165) is 0 Å². The molecule has 3 aromatic carbocycles. The van der Waals surface area contributed by atoms with Crippen molar-refractivity contribution in [3.05, 3.63) is 83.9 Å². The van der Waals surface area contributed by atoms with Crippen molar-refractivity contribution in [2.45, 2.75) is 22.9 Å². The first-order valence-corrected chi connectivity index (χ1v) is 12.6. The van der Waals surface area contributed by atoms with Crippen LogP contribution in [0.3, 0.4) is 0 Å². The number of nitrogens with one attached hydrogen (secondary N) is 2. The standard InChI is InChI=1S/C22H24N2O6S2/c1-29-19-6-10-21(11-7-19)31(25,26)23-15-17-4-3-5-18(14-17)16-24-32(27,28)22-12-8-20(30-2)9-13-22/h3-14,23-24H,15-16H2,1-2H3. The van der Waals surface area contributed by atoms with Gasteiger partial charge in [-0.25, -0.2) is 26.3 Å². The second-order valence-corrected chi connectivity index (χ2v) is 10.4. The Hall–Kier alpha value is -2.92. The van der Waals surface area contributed by atoms with Crippen LogP contribution in [0.1, 0.15) is 11.1 Å². The predicted molar refractivity (Wildman–Crippen MR) is 120 cm³/mol. The molecule has 0 radical (unpaired) electrons. The number of benzene rings is 3. The van der Waals surface area contributed by atoms with Crippen LogP contribution < -0.4 is 18.9 Å². The van der Waals surface area contributed by atoms with E-state index in [1.807, 2.05) is 0 Å². The van der Waals surface area contributed by atoms with Gasteiger partial charge < -0.3 is 9.47 Å². The monoisotopic (exact) mass is 476 g/mol. The number of methoxy groups -OCH3 is 2. The van der Waals surface area contributed by atoms with Crippen LogP contribution in [0.5, 0.6) is 11.5 Å². The molecule has 0 aliphatic rings. The highest BCUT2D eigenvalue weighted by atomic mass is 32.2. The molecule has 0 atom stereocenters. The maximum absolute atomic E-state index is 12.5. The molecule has 3 rings (SSSR count). The molecule has 0 spiro atoms. The molecule has 0 bridgehead atoms. The minimum atomic E-state index is -3.70. The average Bonchev–Trinajstić information content (AvgIpc) is 2.82. The smallest absolute Gasteiger partial charge is 0.240 e. The molecule has 0 saturated carbocycles. The van der Waals surface area contributed by atoms with Crippen molar-refractivity contribution in [3.63, 3.8) is 0 Å². The van der Waals surface area contributed by atoms with E-state index in [2.05, 4.69) is 9.44 Å². The molecule has 0 aliphatic carbocycles.